The number of nitrogens with zero attached hydrogens (tertiary/aromatic N) is 2. The number of carbonyl (C=O) groups is 2. The van der Waals surface area contributed by atoms with E-state index in [1.807, 2.05) is 33.8 Å². The molecule has 0 spiro atoms. The number of carbonyl (C=O) groups excluding carboxylic acids is 2. The monoisotopic (exact) mass is 477 g/mol. The van der Waals surface area contributed by atoms with E-state index in [1.54, 1.807) is 29.3 Å². The number of hydrogen-bond donors (Lipinski definition) is 1. The van der Waals surface area contributed by atoms with Crippen LogP contribution in [0.15, 0.2) is 30.5 Å². The molecule has 1 aliphatic rings. The molecule has 3 rings (SSSR count). The zero-order valence-corrected chi connectivity index (χ0v) is 20.4. The maximum Gasteiger partial charge on any atom is 0.410 e. The predicted octanol–water partition coefficient (Wildman–Crippen LogP) is 5.74. The molecule has 2 aromatic rings. The summed E-state index contributed by atoms with van der Waals surface area (Å²) in [5, 5.41) is 3.73. The fourth-order valence-corrected chi connectivity index (χ4v) is 4.30. The largest absolute Gasteiger partial charge is 0.444 e. The molecule has 1 N–H and O–H groups in total. The third kappa shape index (κ3) is 6.14. The van der Waals surface area contributed by atoms with E-state index in [9.17, 15) is 9.59 Å². The number of rotatable bonds is 4. The maximum atomic E-state index is 12.5. The minimum atomic E-state index is -0.499. The Labute approximate surface area is 199 Å². The Kier molecular flexibility index (Phi) is 7.67. The number of halogens is 2. The second-order valence-electron chi connectivity index (χ2n) is 9.03. The zero-order valence-electron chi connectivity index (χ0n) is 18.9. The molecule has 1 saturated heterocycles. The van der Waals surface area contributed by atoms with Crippen molar-refractivity contribution in [2.24, 2.45) is 0 Å². The number of amides is 2. The highest BCUT2D eigenvalue weighted by Gasteiger charge is 2.29. The molecule has 2 heterocycles. The topological polar surface area (TPSA) is 71.5 Å². The number of aromatic nitrogens is 1. The summed E-state index contributed by atoms with van der Waals surface area (Å²) in [6.07, 6.45) is 3.16. The number of benzene rings is 1. The van der Waals surface area contributed by atoms with Crippen LogP contribution in [-0.2, 0) is 11.3 Å². The molecule has 0 atom stereocenters. The Morgan fingerprint density at radius 1 is 1.19 bits per heavy atom. The first-order valence-corrected chi connectivity index (χ1v) is 11.5. The van der Waals surface area contributed by atoms with Gasteiger partial charge < -0.3 is 15.0 Å². The molecular formula is C24H29Cl2N3O3. The van der Waals surface area contributed by atoms with Crippen LogP contribution in [0.5, 0.6) is 0 Å². The van der Waals surface area contributed by atoms with Crippen molar-refractivity contribution < 1.29 is 14.3 Å². The molecule has 1 aromatic carbocycles. The quantitative estimate of drug-likeness (QED) is 0.608. The van der Waals surface area contributed by atoms with Crippen LogP contribution in [0.25, 0.3) is 0 Å². The van der Waals surface area contributed by atoms with Crippen LogP contribution < -0.4 is 5.32 Å². The van der Waals surface area contributed by atoms with Gasteiger partial charge in [-0.3, -0.25) is 9.78 Å². The average molecular weight is 478 g/mol. The second kappa shape index (κ2) is 10.1. The van der Waals surface area contributed by atoms with E-state index in [2.05, 4.69) is 10.3 Å². The van der Waals surface area contributed by atoms with E-state index >= 15 is 0 Å². The van der Waals surface area contributed by atoms with E-state index < -0.39 is 5.60 Å². The lowest BCUT2D eigenvalue weighted by Crippen LogP contribution is -2.41. The Hall–Kier alpha value is -2.31. The molecule has 6 nitrogen and oxygen atoms in total. The first kappa shape index (κ1) is 24.3. The summed E-state index contributed by atoms with van der Waals surface area (Å²) in [5.74, 6) is 0.00476. The molecule has 1 aromatic heterocycles. The van der Waals surface area contributed by atoms with Crippen LogP contribution >= 0.6 is 23.2 Å². The first-order chi connectivity index (χ1) is 15.0. The van der Waals surface area contributed by atoms with Crippen molar-refractivity contribution in [2.75, 3.05) is 13.1 Å². The summed E-state index contributed by atoms with van der Waals surface area (Å²) in [5.41, 5.74) is 2.97. The lowest BCUT2D eigenvalue weighted by Gasteiger charge is -2.33. The van der Waals surface area contributed by atoms with Crippen LogP contribution in [0.1, 0.15) is 66.7 Å². The Bertz CT molecular complexity index is 996. The number of hydrogen-bond acceptors (Lipinski definition) is 4. The van der Waals surface area contributed by atoms with Crippen molar-refractivity contribution in [2.45, 2.75) is 58.6 Å². The molecule has 172 valence electrons. The lowest BCUT2D eigenvalue weighted by molar-refractivity contribution is 0.0204. The van der Waals surface area contributed by atoms with Crippen molar-refractivity contribution in [3.8, 4) is 0 Å². The Morgan fingerprint density at radius 2 is 1.88 bits per heavy atom. The van der Waals surface area contributed by atoms with Crippen LogP contribution in [0.4, 0.5) is 4.79 Å². The smallest absolute Gasteiger partial charge is 0.410 e. The van der Waals surface area contributed by atoms with Gasteiger partial charge in [-0.15, -0.1) is 0 Å². The molecular weight excluding hydrogens is 449 g/mol. The molecule has 0 radical (unpaired) electrons. The van der Waals surface area contributed by atoms with Crippen LogP contribution in [0.3, 0.4) is 0 Å². The van der Waals surface area contributed by atoms with Crippen molar-refractivity contribution in [1.29, 1.82) is 0 Å². The van der Waals surface area contributed by atoms with Gasteiger partial charge in [-0.25, -0.2) is 4.79 Å². The predicted molar refractivity (Wildman–Crippen MR) is 126 cm³/mol. The van der Waals surface area contributed by atoms with E-state index in [0.29, 0.717) is 35.2 Å². The lowest BCUT2D eigenvalue weighted by atomic mass is 9.89. The van der Waals surface area contributed by atoms with Crippen LogP contribution in [0.2, 0.25) is 10.0 Å². The van der Waals surface area contributed by atoms with Gasteiger partial charge in [-0.1, -0.05) is 23.2 Å². The van der Waals surface area contributed by atoms with Gasteiger partial charge in [-0.2, -0.15) is 0 Å². The average Bonchev–Trinajstić information content (AvgIpc) is 2.72. The van der Waals surface area contributed by atoms with Gasteiger partial charge >= 0.3 is 6.09 Å². The summed E-state index contributed by atoms with van der Waals surface area (Å²) in [4.78, 5) is 31.2. The molecule has 0 unspecified atom stereocenters. The fourth-order valence-electron chi connectivity index (χ4n) is 3.80. The molecule has 0 bridgehead atoms. The standard InChI is InChI=1S/C24H29Cl2N3O3/c1-15-17(14-28-22(30)19-6-5-18(25)13-20(19)26)7-10-27-21(15)16-8-11-29(12-9-16)23(31)32-24(2,3)4/h5-7,10,13,16H,8-9,11-12,14H2,1-4H3,(H,28,30). The highest BCUT2D eigenvalue weighted by atomic mass is 35.5. The Balaban J connectivity index is 1.62. The minimum absolute atomic E-state index is 0.255. The number of piperidine rings is 1. The molecule has 8 heteroatoms. The van der Waals surface area contributed by atoms with Gasteiger partial charge in [0.15, 0.2) is 0 Å². The number of pyridine rings is 1. The van der Waals surface area contributed by atoms with Gasteiger partial charge in [0.1, 0.15) is 5.60 Å². The van der Waals surface area contributed by atoms with Gasteiger partial charge in [0.05, 0.1) is 10.6 Å². The number of likely N-dealkylation sites (tertiary alicyclic amines) is 1. The van der Waals surface area contributed by atoms with Gasteiger partial charge in [0.25, 0.3) is 5.91 Å². The minimum Gasteiger partial charge on any atom is -0.444 e. The highest BCUT2D eigenvalue weighted by molar-refractivity contribution is 6.36. The summed E-state index contributed by atoms with van der Waals surface area (Å²) in [6.45, 7) is 9.28. The second-order valence-corrected chi connectivity index (χ2v) is 9.87. The Morgan fingerprint density at radius 3 is 2.50 bits per heavy atom. The summed E-state index contributed by atoms with van der Waals surface area (Å²) in [6, 6.07) is 6.72. The van der Waals surface area contributed by atoms with Crippen LogP contribution in [-0.4, -0.2) is 40.6 Å². The van der Waals surface area contributed by atoms with Crippen molar-refractivity contribution in [3.63, 3.8) is 0 Å². The van der Waals surface area contributed by atoms with Gasteiger partial charge in [-0.05, 0) is 75.9 Å². The zero-order chi connectivity index (χ0) is 23.5. The first-order valence-electron chi connectivity index (χ1n) is 10.7. The summed E-state index contributed by atoms with van der Waals surface area (Å²) >= 11 is 12.1. The van der Waals surface area contributed by atoms with Gasteiger partial charge in [0, 0.05) is 42.5 Å². The van der Waals surface area contributed by atoms with E-state index in [1.165, 1.54) is 0 Å². The van der Waals surface area contributed by atoms with Gasteiger partial charge in [0.2, 0.25) is 0 Å². The van der Waals surface area contributed by atoms with E-state index in [0.717, 1.165) is 29.7 Å². The molecule has 1 fully saturated rings. The molecule has 0 saturated carbocycles. The molecule has 2 amide bonds. The third-order valence-electron chi connectivity index (χ3n) is 5.50. The molecule has 0 aliphatic carbocycles. The summed E-state index contributed by atoms with van der Waals surface area (Å²) < 4.78 is 5.48. The molecule has 1 aliphatic heterocycles. The summed E-state index contributed by atoms with van der Waals surface area (Å²) in [7, 11) is 0. The van der Waals surface area contributed by atoms with Crippen LogP contribution in [0, 0.1) is 6.92 Å². The third-order valence-corrected chi connectivity index (χ3v) is 6.05. The van der Waals surface area contributed by atoms with E-state index in [-0.39, 0.29) is 17.9 Å². The van der Waals surface area contributed by atoms with E-state index in [4.69, 9.17) is 27.9 Å². The van der Waals surface area contributed by atoms with Crippen molar-refractivity contribution in [3.05, 3.63) is 62.9 Å². The van der Waals surface area contributed by atoms with Crippen molar-refractivity contribution in [1.82, 2.24) is 15.2 Å². The fraction of sp³-hybridized carbons (Fsp3) is 0.458. The maximum absolute atomic E-state index is 12.5. The number of nitrogens with one attached hydrogen (secondary N) is 1. The normalized spacial score (nSPS) is 14.9. The van der Waals surface area contributed by atoms with Crippen molar-refractivity contribution >= 4 is 35.2 Å². The number of ether oxygens (including phenoxy) is 1. The molecule has 32 heavy (non-hydrogen) atoms. The highest BCUT2D eigenvalue weighted by Crippen LogP contribution is 2.30. The SMILES string of the molecule is Cc1c(CNC(=O)c2ccc(Cl)cc2Cl)ccnc1C1CCN(C(=O)OC(C)(C)C)CC1.